The van der Waals surface area contributed by atoms with Crippen LogP contribution in [0.5, 0.6) is 0 Å². The molecule has 2 rings (SSSR count). The van der Waals surface area contributed by atoms with Crippen LogP contribution in [0, 0.1) is 13.8 Å². The second-order valence-electron chi connectivity index (χ2n) is 6.19. The molecule has 1 aromatic heterocycles. The van der Waals surface area contributed by atoms with Crippen LogP contribution in [0.15, 0.2) is 24.3 Å². The van der Waals surface area contributed by atoms with E-state index in [-0.39, 0.29) is 11.9 Å². The molecule has 0 bridgehead atoms. The van der Waals surface area contributed by atoms with Crippen LogP contribution in [0.2, 0.25) is 5.02 Å². The summed E-state index contributed by atoms with van der Waals surface area (Å²) in [6.45, 7) is 6.56. The van der Waals surface area contributed by atoms with Crippen LogP contribution in [-0.4, -0.2) is 40.2 Å². The third-order valence-corrected chi connectivity index (χ3v) is 4.72. The average molecular weight is 349 g/mol. The van der Waals surface area contributed by atoms with E-state index in [1.807, 2.05) is 64.0 Å². The standard InChI is InChI=1S/C18H25ClN4O/c1-12-17(13(2)23(5)21-12)20-18(24)14(3)22(4)11-10-15-6-8-16(19)9-7-15/h6-9,14H,10-11H2,1-5H3,(H,20,24)/t14-/m0/s1. The summed E-state index contributed by atoms with van der Waals surface area (Å²) in [4.78, 5) is 14.6. The van der Waals surface area contributed by atoms with Gasteiger partial charge in [0.15, 0.2) is 0 Å². The van der Waals surface area contributed by atoms with Gasteiger partial charge in [0.25, 0.3) is 0 Å². The molecular weight excluding hydrogens is 324 g/mol. The minimum Gasteiger partial charge on any atom is -0.322 e. The van der Waals surface area contributed by atoms with Crippen LogP contribution in [0.25, 0.3) is 0 Å². The number of hydrogen-bond donors (Lipinski definition) is 1. The van der Waals surface area contributed by atoms with Crippen molar-refractivity contribution in [2.24, 2.45) is 7.05 Å². The van der Waals surface area contributed by atoms with Gasteiger partial charge in [-0.15, -0.1) is 0 Å². The molecule has 1 N–H and O–H groups in total. The van der Waals surface area contributed by atoms with Gasteiger partial charge in [0.1, 0.15) is 0 Å². The van der Waals surface area contributed by atoms with Crippen molar-refractivity contribution < 1.29 is 4.79 Å². The number of aryl methyl sites for hydroxylation is 2. The summed E-state index contributed by atoms with van der Waals surface area (Å²) < 4.78 is 1.78. The van der Waals surface area contributed by atoms with E-state index in [1.54, 1.807) is 4.68 Å². The lowest BCUT2D eigenvalue weighted by molar-refractivity contribution is -0.120. The Morgan fingerprint density at radius 3 is 2.50 bits per heavy atom. The van der Waals surface area contributed by atoms with E-state index in [0.717, 1.165) is 35.1 Å². The smallest absolute Gasteiger partial charge is 0.241 e. The van der Waals surface area contributed by atoms with Crippen molar-refractivity contribution >= 4 is 23.2 Å². The second-order valence-corrected chi connectivity index (χ2v) is 6.63. The third-order valence-electron chi connectivity index (χ3n) is 4.46. The van der Waals surface area contributed by atoms with Crippen molar-refractivity contribution in [3.05, 3.63) is 46.2 Å². The summed E-state index contributed by atoms with van der Waals surface area (Å²) in [5.74, 6) is -0.0205. The summed E-state index contributed by atoms with van der Waals surface area (Å²) >= 11 is 5.90. The van der Waals surface area contributed by atoms with E-state index in [9.17, 15) is 4.79 Å². The number of benzene rings is 1. The van der Waals surface area contributed by atoms with Crippen molar-refractivity contribution in [2.75, 3.05) is 18.9 Å². The molecule has 0 spiro atoms. The SMILES string of the molecule is Cc1nn(C)c(C)c1NC(=O)[C@H](C)N(C)CCc1ccc(Cl)cc1. The molecule has 2 aromatic rings. The summed E-state index contributed by atoms with van der Waals surface area (Å²) in [6.07, 6.45) is 0.871. The number of carbonyl (C=O) groups is 1. The Hall–Kier alpha value is -1.85. The van der Waals surface area contributed by atoms with Crippen LogP contribution < -0.4 is 5.32 Å². The van der Waals surface area contributed by atoms with E-state index in [4.69, 9.17) is 11.6 Å². The fourth-order valence-electron chi connectivity index (χ4n) is 2.53. The molecule has 0 saturated heterocycles. The number of halogens is 1. The molecule has 1 atom stereocenters. The van der Waals surface area contributed by atoms with Crippen molar-refractivity contribution in [3.8, 4) is 0 Å². The molecular formula is C18H25ClN4O. The van der Waals surface area contributed by atoms with Gasteiger partial charge in [-0.2, -0.15) is 5.10 Å². The van der Waals surface area contributed by atoms with E-state index < -0.39 is 0 Å². The first-order chi connectivity index (χ1) is 11.3. The number of hydrogen-bond acceptors (Lipinski definition) is 3. The number of amides is 1. The number of anilines is 1. The van der Waals surface area contributed by atoms with Crippen LogP contribution in [-0.2, 0) is 18.3 Å². The average Bonchev–Trinajstić information content (AvgIpc) is 2.79. The van der Waals surface area contributed by atoms with Gasteiger partial charge in [-0.1, -0.05) is 23.7 Å². The Labute approximate surface area is 148 Å². The summed E-state index contributed by atoms with van der Waals surface area (Å²) in [7, 11) is 3.84. The number of carbonyl (C=O) groups excluding carboxylic acids is 1. The Balaban J connectivity index is 1.93. The largest absolute Gasteiger partial charge is 0.322 e. The van der Waals surface area contributed by atoms with E-state index in [0.29, 0.717) is 0 Å². The second kappa shape index (κ2) is 7.81. The van der Waals surface area contributed by atoms with Gasteiger partial charge >= 0.3 is 0 Å². The first-order valence-corrected chi connectivity index (χ1v) is 8.43. The van der Waals surface area contributed by atoms with Gasteiger partial charge < -0.3 is 5.32 Å². The highest BCUT2D eigenvalue weighted by molar-refractivity contribution is 6.30. The van der Waals surface area contributed by atoms with Crippen LogP contribution >= 0.6 is 11.6 Å². The Morgan fingerprint density at radius 1 is 1.33 bits per heavy atom. The number of nitrogens with one attached hydrogen (secondary N) is 1. The summed E-state index contributed by atoms with van der Waals surface area (Å²) in [6, 6.07) is 7.59. The monoisotopic (exact) mass is 348 g/mol. The fourth-order valence-corrected chi connectivity index (χ4v) is 2.66. The lowest BCUT2D eigenvalue weighted by Gasteiger charge is -2.24. The van der Waals surface area contributed by atoms with Crippen molar-refractivity contribution in [1.29, 1.82) is 0 Å². The molecule has 0 radical (unpaired) electrons. The topological polar surface area (TPSA) is 50.2 Å². The van der Waals surface area contributed by atoms with Gasteiger partial charge in [-0.3, -0.25) is 14.4 Å². The Bertz CT molecular complexity index is 709. The van der Waals surface area contributed by atoms with E-state index >= 15 is 0 Å². The van der Waals surface area contributed by atoms with Crippen molar-refractivity contribution in [1.82, 2.24) is 14.7 Å². The lowest BCUT2D eigenvalue weighted by atomic mass is 10.1. The molecule has 1 amide bonds. The molecule has 1 aromatic carbocycles. The van der Waals surface area contributed by atoms with Crippen molar-refractivity contribution in [3.63, 3.8) is 0 Å². The predicted molar refractivity (Wildman–Crippen MR) is 98.6 cm³/mol. The highest BCUT2D eigenvalue weighted by Crippen LogP contribution is 2.19. The molecule has 0 fully saturated rings. The normalized spacial score (nSPS) is 12.5. The minimum absolute atomic E-state index is 0.0205. The fraction of sp³-hybridized carbons (Fsp3) is 0.444. The minimum atomic E-state index is -0.226. The number of nitrogens with zero attached hydrogens (tertiary/aromatic N) is 3. The highest BCUT2D eigenvalue weighted by atomic mass is 35.5. The highest BCUT2D eigenvalue weighted by Gasteiger charge is 2.20. The van der Waals surface area contributed by atoms with Crippen LogP contribution in [0.1, 0.15) is 23.9 Å². The molecule has 0 aliphatic rings. The van der Waals surface area contributed by atoms with E-state index in [1.165, 1.54) is 5.56 Å². The maximum absolute atomic E-state index is 12.5. The quantitative estimate of drug-likeness (QED) is 0.872. The van der Waals surface area contributed by atoms with Gasteiger partial charge in [-0.05, 0) is 51.9 Å². The zero-order valence-corrected chi connectivity index (χ0v) is 15.7. The number of aromatic nitrogens is 2. The number of rotatable bonds is 6. The molecule has 0 aliphatic heterocycles. The molecule has 24 heavy (non-hydrogen) atoms. The molecule has 130 valence electrons. The Kier molecular flexibility index (Phi) is 6.02. The summed E-state index contributed by atoms with van der Waals surface area (Å²) in [5.41, 5.74) is 3.80. The first kappa shape index (κ1) is 18.5. The molecule has 1 heterocycles. The van der Waals surface area contributed by atoms with Gasteiger partial charge in [-0.25, -0.2) is 0 Å². The number of likely N-dealkylation sites (N-methyl/N-ethyl adjacent to an activating group) is 1. The maximum Gasteiger partial charge on any atom is 0.241 e. The molecule has 0 saturated carbocycles. The van der Waals surface area contributed by atoms with Crippen LogP contribution in [0.4, 0.5) is 5.69 Å². The molecule has 6 heteroatoms. The zero-order valence-electron chi connectivity index (χ0n) is 14.9. The predicted octanol–water partition coefficient (Wildman–Crippen LogP) is 3.19. The molecule has 0 unspecified atom stereocenters. The lowest BCUT2D eigenvalue weighted by Crippen LogP contribution is -2.40. The summed E-state index contributed by atoms with van der Waals surface area (Å²) in [5, 5.41) is 8.07. The molecule has 5 nitrogen and oxygen atoms in total. The van der Waals surface area contributed by atoms with Crippen LogP contribution in [0.3, 0.4) is 0 Å². The maximum atomic E-state index is 12.5. The third kappa shape index (κ3) is 4.36. The van der Waals surface area contributed by atoms with Gasteiger partial charge in [0, 0.05) is 18.6 Å². The Morgan fingerprint density at radius 2 is 1.96 bits per heavy atom. The van der Waals surface area contributed by atoms with Gasteiger partial charge in [0.2, 0.25) is 5.91 Å². The molecule has 0 aliphatic carbocycles. The zero-order chi connectivity index (χ0) is 17.9. The first-order valence-electron chi connectivity index (χ1n) is 8.05. The van der Waals surface area contributed by atoms with Gasteiger partial charge in [0.05, 0.1) is 23.1 Å². The van der Waals surface area contributed by atoms with E-state index in [2.05, 4.69) is 10.4 Å². The van der Waals surface area contributed by atoms with Crippen molar-refractivity contribution in [2.45, 2.75) is 33.2 Å².